The summed E-state index contributed by atoms with van der Waals surface area (Å²) in [6.07, 6.45) is 1.42. The zero-order valence-electron chi connectivity index (χ0n) is 8.40. The average molecular weight is 203 g/mol. The largest absolute Gasteiger partial charge is 0.459 e. The smallest absolute Gasteiger partial charge is 0.384 e. The molecule has 1 rings (SSSR count). The van der Waals surface area contributed by atoms with Crippen molar-refractivity contribution in [2.75, 3.05) is 7.11 Å². The van der Waals surface area contributed by atoms with Gasteiger partial charge >= 0.3 is 5.97 Å². The molecule has 0 fully saturated rings. The van der Waals surface area contributed by atoms with E-state index in [0.29, 0.717) is 11.3 Å². The first-order valence-corrected chi connectivity index (χ1v) is 4.20. The van der Waals surface area contributed by atoms with Crippen LogP contribution in [-0.4, -0.2) is 23.8 Å². The summed E-state index contributed by atoms with van der Waals surface area (Å²) in [5, 5.41) is 0. The number of esters is 1. The monoisotopic (exact) mass is 203 g/mol. The zero-order chi connectivity index (χ0) is 11.3. The van der Waals surface area contributed by atoms with Crippen molar-refractivity contribution < 1.29 is 14.3 Å². The lowest BCUT2D eigenvalue weighted by molar-refractivity contribution is -0.133. The predicted octanol–water partition coefficient (Wildman–Crippen LogP) is 0.809. The molecule has 0 aliphatic heterocycles. The molecular formula is C11H9NO3. The summed E-state index contributed by atoms with van der Waals surface area (Å²) in [6, 6.07) is 3.18. The molecule has 1 heterocycles. The van der Waals surface area contributed by atoms with E-state index in [1.165, 1.54) is 20.2 Å². The van der Waals surface area contributed by atoms with E-state index in [1.807, 2.05) is 0 Å². The minimum atomic E-state index is -0.618. The van der Waals surface area contributed by atoms with Crippen molar-refractivity contribution in [3.63, 3.8) is 0 Å². The summed E-state index contributed by atoms with van der Waals surface area (Å²) < 4.78 is 4.34. The minimum absolute atomic E-state index is 0.0602. The second-order valence-corrected chi connectivity index (χ2v) is 2.73. The van der Waals surface area contributed by atoms with Crippen molar-refractivity contribution in [1.82, 2.24) is 4.98 Å². The first-order valence-electron chi connectivity index (χ1n) is 4.20. The number of methoxy groups -OCH3 is 1. The fourth-order valence-corrected chi connectivity index (χ4v) is 0.842. The van der Waals surface area contributed by atoms with Crippen LogP contribution in [0.1, 0.15) is 23.0 Å². The van der Waals surface area contributed by atoms with E-state index >= 15 is 0 Å². The lowest BCUT2D eigenvalue weighted by Gasteiger charge is -1.93. The maximum Gasteiger partial charge on any atom is 0.384 e. The molecule has 0 amide bonds. The molecule has 0 N–H and O–H groups in total. The van der Waals surface area contributed by atoms with E-state index in [1.54, 1.807) is 12.1 Å². The Morgan fingerprint density at radius 1 is 1.40 bits per heavy atom. The van der Waals surface area contributed by atoms with E-state index < -0.39 is 5.97 Å². The Labute approximate surface area is 87.3 Å². The van der Waals surface area contributed by atoms with Gasteiger partial charge in [-0.1, -0.05) is 0 Å². The van der Waals surface area contributed by atoms with Crippen LogP contribution in [0, 0.1) is 11.8 Å². The molecule has 0 aromatic carbocycles. The van der Waals surface area contributed by atoms with Gasteiger partial charge in [-0.15, -0.1) is 0 Å². The van der Waals surface area contributed by atoms with Gasteiger partial charge in [-0.3, -0.25) is 4.79 Å². The lowest BCUT2D eigenvalue weighted by Crippen LogP contribution is -1.96. The average Bonchev–Trinajstić information content (AvgIpc) is 2.26. The van der Waals surface area contributed by atoms with Crippen molar-refractivity contribution in [2.45, 2.75) is 6.92 Å². The van der Waals surface area contributed by atoms with Crippen molar-refractivity contribution in [1.29, 1.82) is 0 Å². The Hall–Kier alpha value is -2.15. The first kappa shape index (κ1) is 10.9. The van der Waals surface area contributed by atoms with Crippen LogP contribution in [0.25, 0.3) is 0 Å². The maximum absolute atomic E-state index is 10.9. The van der Waals surface area contributed by atoms with Crippen LogP contribution >= 0.6 is 0 Å². The maximum atomic E-state index is 10.9. The third-order valence-electron chi connectivity index (χ3n) is 1.65. The number of ether oxygens (including phenoxy) is 1. The topological polar surface area (TPSA) is 56.3 Å². The van der Waals surface area contributed by atoms with E-state index in [9.17, 15) is 9.59 Å². The highest BCUT2D eigenvalue weighted by molar-refractivity contribution is 5.93. The van der Waals surface area contributed by atoms with Crippen molar-refractivity contribution >= 4 is 11.8 Å². The highest BCUT2D eigenvalue weighted by atomic mass is 16.5. The van der Waals surface area contributed by atoms with Gasteiger partial charge in [0.25, 0.3) is 0 Å². The van der Waals surface area contributed by atoms with Crippen LogP contribution in [0.5, 0.6) is 0 Å². The van der Waals surface area contributed by atoms with E-state index in [-0.39, 0.29) is 5.78 Å². The number of pyridine rings is 1. The Kier molecular flexibility index (Phi) is 3.58. The van der Waals surface area contributed by atoms with Gasteiger partial charge in [0.2, 0.25) is 0 Å². The second-order valence-electron chi connectivity index (χ2n) is 2.73. The van der Waals surface area contributed by atoms with Gasteiger partial charge in [-0.05, 0) is 25.0 Å². The standard InChI is InChI=1S/C11H9NO3/c1-8(13)9-3-4-10(12-7-9)5-6-11(14)15-2/h3-4,7H,1-2H3. The van der Waals surface area contributed by atoms with Gasteiger partial charge in [-0.2, -0.15) is 0 Å². The molecule has 15 heavy (non-hydrogen) atoms. The minimum Gasteiger partial charge on any atom is -0.459 e. The molecule has 0 radical (unpaired) electrons. The van der Waals surface area contributed by atoms with Gasteiger partial charge in [-0.25, -0.2) is 9.78 Å². The number of carbonyl (C=O) groups excluding carboxylic acids is 2. The molecule has 76 valence electrons. The van der Waals surface area contributed by atoms with Gasteiger partial charge in [0.05, 0.1) is 7.11 Å². The first-order chi connectivity index (χ1) is 7.13. The third-order valence-corrected chi connectivity index (χ3v) is 1.65. The number of hydrogen-bond acceptors (Lipinski definition) is 4. The summed E-state index contributed by atoms with van der Waals surface area (Å²) in [6.45, 7) is 1.46. The van der Waals surface area contributed by atoms with Gasteiger partial charge in [0.1, 0.15) is 5.69 Å². The van der Waals surface area contributed by atoms with Gasteiger partial charge in [0.15, 0.2) is 5.78 Å². The van der Waals surface area contributed by atoms with Crippen LogP contribution in [0.3, 0.4) is 0 Å². The fraction of sp³-hybridized carbons (Fsp3) is 0.182. The number of nitrogens with zero attached hydrogens (tertiary/aromatic N) is 1. The van der Waals surface area contributed by atoms with Crippen LogP contribution in [0.2, 0.25) is 0 Å². The Balaban J connectivity index is 2.84. The van der Waals surface area contributed by atoms with Gasteiger partial charge < -0.3 is 4.74 Å². The van der Waals surface area contributed by atoms with Crippen molar-refractivity contribution in [3.8, 4) is 11.8 Å². The number of carbonyl (C=O) groups is 2. The second kappa shape index (κ2) is 4.91. The highest BCUT2D eigenvalue weighted by Gasteiger charge is 1.98. The molecule has 0 aliphatic rings. The summed E-state index contributed by atoms with van der Waals surface area (Å²) in [5.41, 5.74) is 0.934. The Morgan fingerprint density at radius 2 is 2.13 bits per heavy atom. The van der Waals surface area contributed by atoms with Crippen LogP contribution < -0.4 is 0 Å². The molecule has 4 nitrogen and oxygen atoms in total. The van der Waals surface area contributed by atoms with E-state index in [0.717, 1.165) is 0 Å². The number of Topliss-reactive ketones (excluding diaryl/α,β-unsaturated/α-hetero) is 1. The number of ketones is 1. The zero-order valence-corrected chi connectivity index (χ0v) is 8.40. The summed E-state index contributed by atoms with van der Waals surface area (Å²) in [5.74, 6) is 4.07. The normalized spacial score (nSPS) is 8.67. The molecule has 0 aliphatic carbocycles. The van der Waals surface area contributed by atoms with Crippen LogP contribution in [-0.2, 0) is 9.53 Å². The fourth-order valence-electron chi connectivity index (χ4n) is 0.842. The Morgan fingerprint density at radius 3 is 2.60 bits per heavy atom. The number of hydrogen-bond donors (Lipinski definition) is 0. The van der Waals surface area contributed by atoms with Crippen LogP contribution in [0.4, 0.5) is 0 Å². The molecule has 0 bridgehead atoms. The third kappa shape index (κ3) is 3.24. The highest BCUT2D eigenvalue weighted by Crippen LogP contribution is 1.99. The molecule has 0 atom stereocenters. The molecule has 0 unspecified atom stereocenters. The van der Waals surface area contributed by atoms with E-state index in [2.05, 4.69) is 21.6 Å². The molecule has 0 saturated heterocycles. The SMILES string of the molecule is COC(=O)C#Cc1ccc(C(C)=O)cn1. The van der Waals surface area contributed by atoms with E-state index in [4.69, 9.17) is 0 Å². The quantitative estimate of drug-likeness (QED) is 0.385. The van der Waals surface area contributed by atoms with Crippen molar-refractivity contribution in [3.05, 3.63) is 29.6 Å². The predicted molar refractivity (Wildman–Crippen MR) is 53.1 cm³/mol. The lowest BCUT2D eigenvalue weighted by atomic mass is 10.2. The summed E-state index contributed by atoms with van der Waals surface area (Å²) in [4.78, 5) is 25.5. The molecule has 0 spiro atoms. The number of aromatic nitrogens is 1. The van der Waals surface area contributed by atoms with Crippen LogP contribution in [0.15, 0.2) is 18.3 Å². The molecule has 4 heteroatoms. The summed E-state index contributed by atoms with van der Waals surface area (Å²) >= 11 is 0. The molecule has 1 aromatic heterocycles. The Bertz CT molecular complexity index is 437. The molecule has 0 saturated carbocycles. The number of rotatable bonds is 1. The molecular weight excluding hydrogens is 194 g/mol. The van der Waals surface area contributed by atoms with Crippen molar-refractivity contribution in [2.24, 2.45) is 0 Å². The molecule has 1 aromatic rings. The summed E-state index contributed by atoms with van der Waals surface area (Å²) in [7, 11) is 1.25. The van der Waals surface area contributed by atoms with Gasteiger partial charge in [0, 0.05) is 17.7 Å².